The maximum absolute atomic E-state index is 14.6. The molecule has 0 saturated carbocycles. The number of unbranched alkanes of at least 4 members (excludes halogenated alkanes) is 1. The molecule has 5 aromatic carbocycles. The molecule has 3 atom stereocenters. The number of carbonyl (C=O) groups excluding carboxylic acids is 4. The van der Waals surface area contributed by atoms with Gasteiger partial charge >= 0.3 is 12.1 Å². The van der Waals surface area contributed by atoms with Gasteiger partial charge in [0.15, 0.2) is 6.10 Å². The van der Waals surface area contributed by atoms with E-state index in [9.17, 15) is 24.3 Å². The fourth-order valence-electron chi connectivity index (χ4n) is 7.25. The molecule has 0 aliphatic rings. The van der Waals surface area contributed by atoms with E-state index in [1.165, 1.54) is 0 Å². The number of esters is 1. The number of nitrogens with one attached hydrogen (secondary N) is 3. The Hall–Kier alpha value is -5.74. The molecule has 3 amide bonds. The average molecular weight is 788 g/mol. The lowest BCUT2D eigenvalue weighted by Gasteiger charge is -2.28. The van der Waals surface area contributed by atoms with Crippen LogP contribution < -0.4 is 16.0 Å². The molecule has 2 unspecified atom stereocenters. The van der Waals surface area contributed by atoms with Gasteiger partial charge < -0.3 is 30.5 Å². The van der Waals surface area contributed by atoms with Gasteiger partial charge in [0.2, 0.25) is 11.8 Å². The predicted octanol–water partition coefficient (Wildman–Crippen LogP) is 7.82. The minimum atomic E-state index is -1.60. The van der Waals surface area contributed by atoms with E-state index < -0.39 is 48.2 Å². The van der Waals surface area contributed by atoms with E-state index in [4.69, 9.17) is 9.47 Å². The number of benzene rings is 5. The highest BCUT2D eigenvalue weighted by molar-refractivity contribution is 5.91. The molecule has 0 fully saturated rings. The largest absolute Gasteiger partial charge is 0.461 e. The Labute approximate surface area is 341 Å². The van der Waals surface area contributed by atoms with Gasteiger partial charge in [0, 0.05) is 12.5 Å². The van der Waals surface area contributed by atoms with Gasteiger partial charge in [-0.05, 0) is 96.5 Å². The number of hydrogen-bond acceptors (Lipinski definition) is 7. The summed E-state index contributed by atoms with van der Waals surface area (Å²) in [6.07, 6.45) is -0.207. The van der Waals surface area contributed by atoms with Gasteiger partial charge in [0.25, 0.3) is 0 Å². The van der Waals surface area contributed by atoms with E-state index in [2.05, 4.69) is 52.3 Å². The van der Waals surface area contributed by atoms with Crippen molar-refractivity contribution in [3.8, 4) is 0 Å². The molecular formula is C48H57N3O7. The van der Waals surface area contributed by atoms with Crippen molar-refractivity contribution >= 4 is 45.4 Å². The molecule has 0 spiro atoms. The molecule has 0 aliphatic heterocycles. The zero-order valence-corrected chi connectivity index (χ0v) is 34.0. The number of rotatable bonds is 20. The predicted molar refractivity (Wildman–Crippen MR) is 228 cm³/mol. The number of carbonyl (C=O) groups is 4. The van der Waals surface area contributed by atoms with Crippen LogP contribution in [-0.2, 0) is 43.3 Å². The maximum Gasteiger partial charge on any atom is 0.407 e. The lowest BCUT2D eigenvalue weighted by molar-refractivity contribution is -0.159. The molecule has 4 N–H and O–H groups in total. The highest BCUT2D eigenvalue weighted by Gasteiger charge is 2.33. The first kappa shape index (κ1) is 43.4. The topological polar surface area (TPSA) is 143 Å². The highest BCUT2D eigenvalue weighted by atomic mass is 16.6. The number of amides is 3. The van der Waals surface area contributed by atoms with Gasteiger partial charge in [-0.1, -0.05) is 129 Å². The number of aliphatic hydroxyl groups is 1. The second-order valence-electron chi connectivity index (χ2n) is 15.6. The quantitative estimate of drug-likeness (QED) is 0.0466. The summed E-state index contributed by atoms with van der Waals surface area (Å²) < 4.78 is 10.6. The lowest BCUT2D eigenvalue weighted by atomic mass is 9.87. The molecule has 0 aromatic heterocycles. The Morgan fingerprint density at radius 2 is 1.22 bits per heavy atom. The zero-order valence-electron chi connectivity index (χ0n) is 34.0. The molecule has 5 aromatic rings. The van der Waals surface area contributed by atoms with Crippen LogP contribution in [0.25, 0.3) is 21.5 Å². The SMILES string of the molecule is CC(C)CC(NC(=O)C(CCCCNC(=O)OCc1ccccc1)NC(=O)C(Cc1cccc2ccccc12)Cc1cccc2ccccc12)[C@@H](O)C(=O)OC(C)C. The number of fused-ring (bicyclic) bond motifs is 2. The second kappa shape index (κ2) is 21.7. The van der Waals surface area contributed by atoms with Gasteiger partial charge in [0.1, 0.15) is 12.6 Å². The minimum absolute atomic E-state index is 0.0262. The van der Waals surface area contributed by atoms with Crippen molar-refractivity contribution in [3.05, 3.63) is 132 Å². The van der Waals surface area contributed by atoms with Crippen LogP contribution in [0.15, 0.2) is 115 Å². The van der Waals surface area contributed by atoms with Gasteiger partial charge in [-0.15, -0.1) is 0 Å². The molecule has 5 rings (SSSR count). The first-order valence-electron chi connectivity index (χ1n) is 20.4. The summed E-state index contributed by atoms with van der Waals surface area (Å²) >= 11 is 0. The summed E-state index contributed by atoms with van der Waals surface area (Å²) in [5.74, 6) is -2.15. The van der Waals surface area contributed by atoms with Crippen LogP contribution in [0.5, 0.6) is 0 Å². The van der Waals surface area contributed by atoms with Gasteiger partial charge in [0.05, 0.1) is 12.1 Å². The van der Waals surface area contributed by atoms with Crippen molar-refractivity contribution in [1.82, 2.24) is 16.0 Å². The summed E-state index contributed by atoms with van der Waals surface area (Å²) in [4.78, 5) is 54.1. The molecule has 0 bridgehead atoms. The van der Waals surface area contributed by atoms with Gasteiger partial charge in [-0.2, -0.15) is 0 Å². The minimum Gasteiger partial charge on any atom is -0.461 e. The number of hydrogen-bond donors (Lipinski definition) is 4. The van der Waals surface area contributed by atoms with Crippen LogP contribution in [-0.4, -0.2) is 59.8 Å². The molecule has 10 heteroatoms. The summed E-state index contributed by atoms with van der Waals surface area (Å²) in [5.41, 5.74) is 2.92. The second-order valence-corrected chi connectivity index (χ2v) is 15.6. The van der Waals surface area contributed by atoms with Crippen molar-refractivity contribution in [2.75, 3.05) is 6.54 Å². The van der Waals surface area contributed by atoms with Crippen LogP contribution in [0.2, 0.25) is 0 Å². The third kappa shape index (κ3) is 12.9. The Bertz CT molecular complexity index is 2030. The van der Waals surface area contributed by atoms with E-state index in [0.717, 1.165) is 38.2 Å². The Kier molecular flexibility index (Phi) is 16.2. The van der Waals surface area contributed by atoms with Gasteiger partial charge in [-0.25, -0.2) is 9.59 Å². The number of alkyl carbamates (subject to hydrolysis) is 1. The van der Waals surface area contributed by atoms with E-state index in [-0.39, 0.29) is 24.9 Å². The van der Waals surface area contributed by atoms with Crippen molar-refractivity contribution in [2.45, 2.75) is 97.1 Å². The summed E-state index contributed by atoms with van der Waals surface area (Å²) in [5, 5.41) is 24.1. The lowest BCUT2D eigenvalue weighted by Crippen LogP contribution is -2.55. The summed E-state index contributed by atoms with van der Waals surface area (Å²) in [6, 6.07) is 35.8. The van der Waals surface area contributed by atoms with Crippen molar-refractivity contribution in [1.29, 1.82) is 0 Å². The molecular weight excluding hydrogens is 731 g/mol. The molecule has 0 aliphatic carbocycles. The van der Waals surface area contributed by atoms with E-state index in [1.807, 2.05) is 92.7 Å². The first-order valence-corrected chi connectivity index (χ1v) is 20.4. The molecule has 10 nitrogen and oxygen atoms in total. The fraction of sp³-hybridized carbons (Fsp3) is 0.375. The van der Waals surface area contributed by atoms with Gasteiger partial charge in [-0.3, -0.25) is 9.59 Å². The number of ether oxygens (including phenoxy) is 2. The monoisotopic (exact) mass is 787 g/mol. The molecule has 0 radical (unpaired) electrons. The van der Waals surface area contributed by atoms with E-state index in [1.54, 1.807) is 13.8 Å². The normalized spacial score (nSPS) is 13.0. The average Bonchev–Trinajstić information content (AvgIpc) is 3.21. The number of aliphatic hydroxyl groups excluding tert-OH is 1. The van der Waals surface area contributed by atoms with E-state index in [0.29, 0.717) is 38.6 Å². The van der Waals surface area contributed by atoms with Crippen LogP contribution in [0.1, 0.15) is 70.1 Å². The molecule has 0 heterocycles. The molecule has 306 valence electrons. The summed E-state index contributed by atoms with van der Waals surface area (Å²) in [7, 11) is 0. The van der Waals surface area contributed by atoms with Crippen LogP contribution in [0.3, 0.4) is 0 Å². The standard InChI is InChI=1S/C48H57N3O7/c1-32(2)28-43(44(52)47(55)58-33(3)4)51-46(54)42(26-12-13-27-49-48(56)57-31-34-16-6-5-7-17-34)50-45(53)39(29-37-22-14-20-35-18-8-10-24-40(35)37)30-38-23-15-21-36-19-9-11-25-41(36)38/h5-11,14-25,32-33,39,42-44,52H,12-13,26-31H2,1-4H3,(H,49,56)(H,50,53)(H,51,54)/t42?,43?,44-/m1/s1. The third-order valence-corrected chi connectivity index (χ3v) is 10.1. The third-order valence-electron chi connectivity index (χ3n) is 10.1. The molecule has 0 saturated heterocycles. The van der Waals surface area contributed by atoms with Crippen molar-refractivity contribution in [2.24, 2.45) is 11.8 Å². The Morgan fingerprint density at radius 3 is 1.81 bits per heavy atom. The van der Waals surface area contributed by atoms with Crippen molar-refractivity contribution < 1.29 is 33.8 Å². The van der Waals surface area contributed by atoms with Crippen LogP contribution >= 0.6 is 0 Å². The van der Waals surface area contributed by atoms with Crippen LogP contribution in [0.4, 0.5) is 4.79 Å². The van der Waals surface area contributed by atoms with Crippen LogP contribution in [0, 0.1) is 11.8 Å². The van der Waals surface area contributed by atoms with E-state index >= 15 is 0 Å². The Balaban J connectivity index is 1.36. The zero-order chi connectivity index (χ0) is 41.4. The van der Waals surface area contributed by atoms with Crippen molar-refractivity contribution in [3.63, 3.8) is 0 Å². The Morgan fingerprint density at radius 1 is 0.655 bits per heavy atom. The summed E-state index contributed by atoms with van der Waals surface area (Å²) in [6.45, 7) is 7.70. The smallest absolute Gasteiger partial charge is 0.407 e. The maximum atomic E-state index is 14.6. The molecule has 58 heavy (non-hydrogen) atoms. The fourth-order valence-corrected chi connectivity index (χ4v) is 7.25. The first-order chi connectivity index (χ1) is 28.0. The highest BCUT2D eigenvalue weighted by Crippen LogP contribution is 2.27.